The maximum absolute atomic E-state index is 12.6. The molecule has 1 amide bonds. The standard InChI is InChI=1S/C16H22N2O2/c19-12-14-7-4-9-17(14)11-16(20)18-10-3-6-13-5-1-2-8-15(13)18/h1-2,5,8,14,19H,3-4,6-7,9-12H2/t14-/m0/s1. The van der Waals surface area contributed by atoms with Gasteiger partial charge in [0.2, 0.25) is 5.91 Å². The number of amides is 1. The van der Waals surface area contributed by atoms with E-state index in [1.54, 1.807) is 0 Å². The number of carbonyl (C=O) groups excluding carboxylic acids is 1. The van der Waals surface area contributed by atoms with Crippen LogP contribution in [0.25, 0.3) is 0 Å². The number of fused-ring (bicyclic) bond motifs is 1. The lowest BCUT2D eigenvalue weighted by atomic mass is 10.0. The lowest BCUT2D eigenvalue weighted by molar-refractivity contribution is -0.120. The van der Waals surface area contributed by atoms with Crippen LogP contribution in [0.3, 0.4) is 0 Å². The minimum absolute atomic E-state index is 0.157. The molecule has 0 unspecified atom stereocenters. The second kappa shape index (κ2) is 5.94. The molecule has 20 heavy (non-hydrogen) atoms. The largest absolute Gasteiger partial charge is 0.395 e. The molecule has 1 fully saturated rings. The first-order chi connectivity index (χ1) is 9.79. The highest BCUT2D eigenvalue weighted by molar-refractivity contribution is 5.96. The molecule has 2 heterocycles. The third-order valence-corrected chi connectivity index (χ3v) is 4.46. The molecule has 3 rings (SSSR count). The van der Waals surface area contributed by atoms with Gasteiger partial charge in [0.1, 0.15) is 0 Å². The van der Waals surface area contributed by atoms with Gasteiger partial charge in [-0.05, 0) is 43.9 Å². The third-order valence-electron chi connectivity index (χ3n) is 4.46. The molecule has 1 aromatic rings. The fraction of sp³-hybridized carbons (Fsp3) is 0.562. The number of rotatable bonds is 3. The fourth-order valence-corrected chi connectivity index (χ4v) is 3.36. The molecule has 4 heteroatoms. The number of aryl methyl sites for hydroxylation is 1. The highest BCUT2D eigenvalue weighted by atomic mass is 16.3. The lowest BCUT2D eigenvalue weighted by Gasteiger charge is -2.32. The van der Waals surface area contributed by atoms with Crippen LogP contribution in [-0.2, 0) is 11.2 Å². The minimum Gasteiger partial charge on any atom is -0.395 e. The van der Waals surface area contributed by atoms with Gasteiger partial charge < -0.3 is 10.0 Å². The van der Waals surface area contributed by atoms with E-state index in [0.717, 1.165) is 44.5 Å². The molecule has 0 bridgehead atoms. The van der Waals surface area contributed by atoms with Crippen molar-refractivity contribution in [2.75, 3.05) is 31.1 Å². The van der Waals surface area contributed by atoms with Crippen molar-refractivity contribution in [3.8, 4) is 0 Å². The van der Waals surface area contributed by atoms with Crippen molar-refractivity contribution in [2.45, 2.75) is 31.7 Å². The van der Waals surface area contributed by atoms with E-state index in [2.05, 4.69) is 11.0 Å². The topological polar surface area (TPSA) is 43.8 Å². The summed E-state index contributed by atoms with van der Waals surface area (Å²) in [6.07, 6.45) is 4.17. The summed E-state index contributed by atoms with van der Waals surface area (Å²) in [6, 6.07) is 8.35. The Balaban J connectivity index is 1.72. The summed E-state index contributed by atoms with van der Waals surface area (Å²) < 4.78 is 0. The Morgan fingerprint density at radius 2 is 2.10 bits per heavy atom. The van der Waals surface area contributed by atoms with Crippen LogP contribution in [-0.4, -0.2) is 48.2 Å². The van der Waals surface area contributed by atoms with Crippen molar-refractivity contribution >= 4 is 11.6 Å². The Bertz CT molecular complexity index is 489. The van der Waals surface area contributed by atoms with E-state index in [-0.39, 0.29) is 18.6 Å². The van der Waals surface area contributed by atoms with Gasteiger partial charge >= 0.3 is 0 Å². The quantitative estimate of drug-likeness (QED) is 0.906. The highest BCUT2D eigenvalue weighted by Crippen LogP contribution is 2.27. The number of benzene rings is 1. The minimum atomic E-state index is 0.157. The smallest absolute Gasteiger partial charge is 0.241 e. The number of likely N-dealkylation sites (tertiary alicyclic amines) is 1. The Morgan fingerprint density at radius 3 is 2.95 bits per heavy atom. The van der Waals surface area contributed by atoms with Crippen molar-refractivity contribution < 1.29 is 9.90 Å². The molecule has 1 saturated heterocycles. The van der Waals surface area contributed by atoms with Crippen LogP contribution >= 0.6 is 0 Å². The zero-order chi connectivity index (χ0) is 13.9. The molecule has 0 aliphatic carbocycles. The summed E-state index contributed by atoms with van der Waals surface area (Å²) in [7, 11) is 0. The number of nitrogens with zero attached hydrogens (tertiary/aromatic N) is 2. The summed E-state index contributed by atoms with van der Waals surface area (Å²) in [5, 5.41) is 9.35. The van der Waals surface area contributed by atoms with Crippen molar-refractivity contribution in [1.82, 2.24) is 4.90 Å². The number of hydrogen-bond donors (Lipinski definition) is 1. The van der Waals surface area contributed by atoms with E-state index in [1.165, 1.54) is 5.56 Å². The normalized spacial score (nSPS) is 22.9. The predicted octanol–water partition coefficient (Wildman–Crippen LogP) is 1.42. The van der Waals surface area contributed by atoms with E-state index in [9.17, 15) is 9.90 Å². The summed E-state index contributed by atoms with van der Waals surface area (Å²) in [5.41, 5.74) is 2.34. The first-order valence-electron chi connectivity index (χ1n) is 7.53. The van der Waals surface area contributed by atoms with Crippen LogP contribution in [0.15, 0.2) is 24.3 Å². The van der Waals surface area contributed by atoms with E-state index in [1.807, 2.05) is 23.1 Å². The Kier molecular flexibility index (Phi) is 4.03. The van der Waals surface area contributed by atoms with E-state index >= 15 is 0 Å². The molecule has 2 aliphatic heterocycles. The molecule has 0 spiro atoms. The Labute approximate surface area is 120 Å². The highest BCUT2D eigenvalue weighted by Gasteiger charge is 2.29. The third kappa shape index (κ3) is 2.58. The van der Waals surface area contributed by atoms with Crippen LogP contribution in [0.2, 0.25) is 0 Å². The van der Waals surface area contributed by atoms with Gasteiger partial charge in [-0.25, -0.2) is 0 Å². The fourth-order valence-electron chi connectivity index (χ4n) is 3.36. The molecule has 0 saturated carbocycles. The zero-order valence-electron chi connectivity index (χ0n) is 11.8. The summed E-state index contributed by atoms with van der Waals surface area (Å²) in [6.45, 7) is 2.32. The van der Waals surface area contributed by atoms with Crippen molar-refractivity contribution in [2.24, 2.45) is 0 Å². The van der Waals surface area contributed by atoms with Gasteiger partial charge in [0, 0.05) is 18.3 Å². The van der Waals surface area contributed by atoms with Gasteiger partial charge in [-0.3, -0.25) is 9.69 Å². The SMILES string of the molecule is O=C(CN1CCC[C@H]1CO)N1CCCc2ccccc21. The van der Waals surface area contributed by atoms with Crippen LogP contribution in [0, 0.1) is 0 Å². The van der Waals surface area contributed by atoms with Crippen LogP contribution < -0.4 is 4.90 Å². The Hall–Kier alpha value is -1.39. The molecule has 1 atom stereocenters. The summed E-state index contributed by atoms with van der Waals surface area (Å²) in [5.74, 6) is 0.164. The molecular weight excluding hydrogens is 252 g/mol. The first kappa shape index (κ1) is 13.6. The molecule has 1 N–H and O–H groups in total. The first-order valence-corrected chi connectivity index (χ1v) is 7.53. The molecule has 4 nitrogen and oxygen atoms in total. The van der Waals surface area contributed by atoms with Crippen LogP contribution in [0.4, 0.5) is 5.69 Å². The van der Waals surface area contributed by atoms with Crippen LogP contribution in [0.1, 0.15) is 24.8 Å². The van der Waals surface area contributed by atoms with E-state index < -0.39 is 0 Å². The maximum Gasteiger partial charge on any atom is 0.241 e. The summed E-state index contributed by atoms with van der Waals surface area (Å²) in [4.78, 5) is 16.6. The second-order valence-electron chi connectivity index (χ2n) is 5.73. The van der Waals surface area contributed by atoms with Crippen molar-refractivity contribution in [3.05, 3.63) is 29.8 Å². The number of aliphatic hydroxyl groups excluding tert-OH is 1. The zero-order valence-corrected chi connectivity index (χ0v) is 11.8. The van der Waals surface area contributed by atoms with Gasteiger partial charge in [-0.1, -0.05) is 18.2 Å². The van der Waals surface area contributed by atoms with E-state index in [0.29, 0.717) is 6.54 Å². The van der Waals surface area contributed by atoms with E-state index in [4.69, 9.17) is 0 Å². The van der Waals surface area contributed by atoms with Gasteiger partial charge in [0.25, 0.3) is 0 Å². The lowest BCUT2D eigenvalue weighted by Crippen LogP contribution is -2.45. The maximum atomic E-state index is 12.6. The van der Waals surface area contributed by atoms with Gasteiger partial charge in [-0.15, -0.1) is 0 Å². The number of aliphatic hydroxyl groups is 1. The average Bonchev–Trinajstić information content (AvgIpc) is 2.93. The molecule has 108 valence electrons. The molecular formula is C16H22N2O2. The number of carbonyl (C=O) groups is 1. The van der Waals surface area contributed by atoms with Crippen molar-refractivity contribution in [3.63, 3.8) is 0 Å². The summed E-state index contributed by atoms with van der Waals surface area (Å²) >= 11 is 0. The average molecular weight is 274 g/mol. The number of hydrogen-bond acceptors (Lipinski definition) is 3. The van der Waals surface area contributed by atoms with Gasteiger partial charge in [0.15, 0.2) is 0 Å². The number of para-hydroxylation sites is 1. The van der Waals surface area contributed by atoms with Gasteiger partial charge in [-0.2, -0.15) is 0 Å². The predicted molar refractivity (Wildman–Crippen MR) is 78.8 cm³/mol. The molecule has 0 aromatic heterocycles. The second-order valence-corrected chi connectivity index (χ2v) is 5.73. The Morgan fingerprint density at radius 1 is 1.25 bits per heavy atom. The molecule has 1 aromatic carbocycles. The molecule has 2 aliphatic rings. The number of anilines is 1. The van der Waals surface area contributed by atoms with Crippen molar-refractivity contribution in [1.29, 1.82) is 0 Å². The molecule has 0 radical (unpaired) electrons. The monoisotopic (exact) mass is 274 g/mol. The van der Waals surface area contributed by atoms with Gasteiger partial charge in [0.05, 0.1) is 13.2 Å². The van der Waals surface area contributed by atoms with Crippen LogP contribution in [0.5, 0.6) is 0 Å².